The molecular weight excluding hydrogens is 319 g/mol. The second-order valence-corrected chi connectivity index (χ2v) is 3.68. The smallest absolute Gasteiger partial charge is 0.693 e. The van der Waals surface area contributed by atoms with Crippen molar-refractivity contribution in [1.29, 1.82) is 0 Å². The van der Waals surface area contributed by atoms with Crippen LogP contribution in [0.25, 0.3) is 0 Å². The monoisotopic (exact) mass is 333 g/mol. The normalized spacial score (nSPS) is 7.89. The molecule has 95 valence electrons. The van der Waals surface area contributed by atoms with Crippen molar-refractivity contribution in [3.05, 3.63) is 84.6 Å². The molecule has 0 heterocycles. The van der Waals surface area contributed by atoms with Gasteiger partial charge < -0.3 is 24.7 Å². The van der Waals surface area contributed by atoms with Gasteiger partial charge in [0.2, 0.25) is 0 Å². The van der Waals surface area contributed by atoms with E-state index in [9.17, 15) is 0 Å². The van der Waals surface area contributed by atoms with Gasteiger partial charge in [0.15, 0.2) is 0 Å². The van der Waals surface area contributed by atoms with Crippen LogP contribution in [0.4, 0.5) is 0 Å². The first-order valence-corrected chi connectivity index (χ1v) is 5.74. The Morgan fingerprint density at radius 1 is 0.632 bits per heavy atom. The van der Waals surface area contributed by atoms with Crippen molar-refractivity contribution in [2.45, 2.75) is 12.8 Å². The molecule has 19 heavy (non-hydrogen) atoms. The molecule has 2 aromatic carbocycles. The van der Waals surface area contributed by atoms with E-state index < -0.39 is 0 Å². The maximum Gasteiger partial charge on any atom is 2.00 e. The predicted molar refractivity (Wildman–Crippen MR) is 74.6 cm³/mol. The minimum absolute atomic E-state index is 0. The summed E-state index contributed by atoms with van der Waals surface area (Å²) in [6.07, 6.45) is 14.6. The zero-order chi connectivity index (χ0) is 13.1. The number of hydrogen-bond donors (Lipinski definition) is 0. The van der Waals surface area contributed by atoms with E-state index in [1.165, 1.54) is 0 Å². The average Bonchev–Trinajstić information content (AvgIpc) is 2.43. The van der Waals surface area contributed by atoms with Gasteiger partial charge >= 0.3 is 19.5 Å². The molecule has 0 amide bonds. The molecule has 0 bridgehead atoms. The van der Waals surface area contributed by atoms with Crippen molar-refractivity contribution in [3.63, 3.8) is 0 Å². The average molecular weight is 333 g/mol. The molecule has 0 spiro atoms. The maximum absolute atomic E-state index is 6.69. The molecule has 0 aromatic heterocycles. The van der Waals surface area contributed by atoms with Crippen LogP contribution in [0.3, 0.4) is 0 Å². The fourth-order valence-corrected chi connectivity index (χ4v) is 1.40. The Balaban J connectivity index is 0.000000324. The summed E-state index contributed by atoms with van der Waals surface area (Å²) >= 11 is 0. The Kier molecular flexibility index (Phi) is 10.2. The van der Waals surface area contributed by atoms with Crippen LogP contribution in [0.5, 0.6) is 0 Å². The van der Waals surface area contributed by atoms with Gasteiger partial charge in [0, 0.05) is 0 Å². The van der Waals surface area contributed by atoms with Crippen molar-refractivity contribution in [2.75, 3.05) is 0 Å². The summed E-state index contributed by atoms with van der Waals surface area (Å²) in [6.45, 7) is 0. The van der Waals surface area contributed by atoms with Crippen LogP contribution < -0.4 is 0 Å². The van der Waals surface area contributed by atoms with Gasteiger partial charge in [0.25, 0.3) is 0 Å². The third-order valence-corrected chi connectivity index (χ3v) is 2.27. The molecule has 0 aliphatic carbocycles. The molecule has 0 fully saturated rings. The molecule has 0 aliphatic heterocycles. The van der Waals surface area contributed by atoms with Crippen molar-refractivity contribution < 1.29 is 19.5 Å². The van der Waals surface area contributed by atoms with E-state index in [-0.39, 0.29) is 19.5 Å². The first-order valence-electron chi connectivity index (χ1n) is 5.74. The standard InChI is InChI=1S/2C9H7.Rh/c2*1-2-6-9-7-4-3-5-8-9;/h2*3-5,7-8H,6H2;/q2*-1;+2. The van der Waals surface area contributed by atoms with Crippen LogP contribution in [0.1, 0.15) is 11.1 Å². The van der Waals surface area contributed by atoms with Gasteiger partial charge in [-0.3, -0.25) is 0 Å². The minimum Gasteiger partial charge on any atom is -0.693 e. The van der Waals surface area contributed by atoms with Crippen LogP contribution in [0.15, 0.2) is 60.7 Å². The van der Waals surface area contributed by atoms with Crippen molar-refractivity contribution in [1.82, 2.24) is 0 Å². The Hall–Kier alpha value is -1.82. The van der Waals surface area contributed by atoms with Crippen LogP contribution in [-0.4, -0.2) is 0 Å². The van der Waals surface area contributed by atoms with Crippen LogP contribution in [0.2, 0.25) is 0 Å². The molecule has 0 unspecified atom stereocenters. The van der Waals surface area contributed by atoms with Gasteiger partial charge in [-0.2, -0.15) is 0 Å². The number of rotatable bonds is 2. The van der Waals surface area contributed by atoms with E-state index in [2.05, 4.69) is 11.8 Å². The zero-order valence-corrected chi connectivity index (χ0v) is 12.2. The molecule has 0 nitrogen and oxygen atoms in total. The van der Waals surface area contributed by atoms with Crippen molar-refractivity contribution in [3.8, 4) is 11.8 Å². The summed E-state index contributed by atoms with van der Waals surface area (Å²) in [4.78, 5) is 0. The van der Waals surface area contributed by atoms with E-state index in [0.29, 0.717) is 12.8 Å². The first kappa shape index (κ1) is 17.2. The van der Waals surface area contributed by atoms with Gasteiger partial charge in [-0.05, 0) is 24.0 Å². The minimum atomic E-state index is 0. The summed E-state index contributed by atoms with van der Waals surface area (Å²) in [5.41, 5.74) is 2.29. The molecule has 1 heteroatoms. The zero-order valence-electron chi connectivity index (χ0n) is 10.5. The molecule has 2 aromatic rings. The van der Waals surface area contributed by atoms with Crippen LogP contribution >= 0.6 is 0 Å². The Morgan fingerprint density at radius 2 is 0.947 bits per heavy atom. The van der Waals surface area contributed by atoms with Crippen LogP contribution in [-0.2, 0) is 32.3 Å². The van der Waals surface area contributed by atoms with E-state index in [4.69, 9.17) is 12.8 Å². The molecule has 1 radical (unpaired) electrons. The Labute approximate surface area is 129 Å². The fraction of sp³-hybridized carbons (Fsp3) is 0.111. The first-order chi connectivity index (χ1) is 8.86. The Morgan fingerprint density at radius 3 is 1.21 bits per heavy atom. The molecule has 0 saturated heterocycles. The van der Waals surface area contributed by atoms with Crippen molar-refractivity contribution >= 4 is 0 Å². The van der Waals surface area contributed by atoms with Gasteiger partial charge in [-0.15, -0.1) is 0 Å². The SMILES string of the molecule is [C-]#CCc1ccccc1.[C-]#CCc1ccccc1.[Rh+2]. The summed E-state index contributed by atoms with van der Waals surface area (Å²) in [5, 5.41) is 0. The van der Waals surface area contributed by atoms with E-state index in [0.717, 1.165) is 11.1 Å². The van der Waals surface area contributed by atoms with Gasteiger partial charge in [0.1, 0.15) is 0 Å². The quantitative estimate of drug-likeness (QED) is 0.447. The van der Waals surface area contributed by atoms with Gasteiger partial charge in [-0.25, -0.2) is 0 Å². The number of hydrogen-bond acceptors (Lipinski definition) is 0. The topological polar surface area (TPSA) is 0 Å². The summed E-state index contributed by atoms with van der Waals surface area (Å²) in [6, 6.07) is 19.7. The second kappa shape index (κ2) is 11.3. The molecular formula is C18H14Rh. The molecule has 0 N–H and O–H groups in total. The third kappa shape index (κ3) is 7.99. The Bertz CT molecular complexity index is 464. The molecule has 0 saturated carbocycles. The van der Waals surface area contributed by atoms with Crippen LogP contribution in [0, 0.1) is 24.7 Å². The molecule has 0 atom stereocenters. The van der Waals surface area contributed by atoms with E-state index in [1.807, 2.05) is 60.7 Å². The summed E-state index contributed by atoms with van der Waals surface area (Å²) in [7, 11) is 0. The predicted octanol–water partition coefficient (Wildman–Crippen LogP) is 3.64. The fourth-order valence-electron chi connectivity index (χ4n) is 1.40. The number of benzene rings is 2. The third-order valence-electron chi connectivity index (χ3n) is 2.27. The van der Waals surface area contributed by atoms with E-state index in [1.54, 1.807) is 0 Å². The molecule has 2 rings (SSSR count). The largest absolute Gasteiger partial charge is 2.00 e. The van der Waals surface area contributed by atoms with E-state index >= 15 is 0 Å². The maximum atomic E-state index is 6.69. The second-order valence-electron chi connectivity index (χ2n) is 3.68. The van der Waals surface area contributed by atoms with Gasteiger partial charge in [0.05, 0.1) is 0 Å². The van der Waals surface area contributed by atoms with Gasteiger partial charge in [-0.1, -0.05) is 60.7 Å². The molecule has 0 aliphatic rings. The summed E-state index contributed by atoms with van der Waals surface area (Å²) < 4.78 is 0. The van der Waals surface area contributed by atoms with Crippen molar-refractivity contribution in [2.24, 2.45) is 0 Å². The summed E-state index contributed by atoms with van der Waals surface area (Å²) in [5.74, 6) is 4.67.